The van der Waals surface area contributed by atoms with Crippen LogP contribution >= 0.6 is 0 Å². The third-order valence-electron chi connectivity index (χ3n) is 4.32. The molecule has 5 nitrogen and oxygen atoms in total. The first-order chi connectivity index (χ1) is 11.1. The van der Waals surface area contributed by atoms with Gasteiger partial charge in [-0.05, 0) is 43.6 Å². The van der Waals surface area contributed by atoms with Crippen molar-refractivity contribution in [1.82, 2.24) is 0 Å². The number of esters is 1. The molecule has 2 rings (SSSR count). The predicted octanol–water partition coefficient (Wildman–Crippen LogP) is 2.35. The lowest BCUT2D eigenvalue weighted by atomic mass is 9.82. The Morgan fingerprint density at radius 2 is 2.12 bits per heavy atom. The zero-order valence-corrected chi connectivity index (χ0v) is 14.7. The van der Waals surface area contributed by atoms with Crippen LogP contribution in [0.5, 0.6) is 0 Å². The van der Waals surface area contributed by atoms with Crippen LogP contribution in [0.25, 0.3) is 0 Å². The molecule has 4 atom stereocenters. The second kappa shape index (κ2) is 7.03. The summed E-state index contributed by atoms with van der Waals surface area (Å²) in [4.78, 5) is 24.1. The van der Waals surface area contributed by atoms with E-state index in [-0.39, 0.29) is 12.2 Å². The summed E-state index contributed by atoms with van der Waals surface area (Å²) in [5, 5.41) is 10.6. The maximum atomic E-state index is 12.1. The number of ether oxygens (including phenoxy) is 2. The number of aliphatic hydroxyl groups is 1. The van der Waals surface area contributed by atoms with Crippen molar-refractivity contribution in [3.8, 4) is 0 Å². The lowest BCUT2D eigenvalue weighted by molar-refractivity contribution is -0.138. The average Bonchev–Trinajstić information content (AvgIpc) is 2.75. The van der Waals surface area contributed by atoms with E-state index in [0.29, 0.717) is 23.7 Å². The molecule has 1 aliphatic carbocycles. The molecule has 2 aliphatic rings. The van der Waals surface area contributed by atoms with Gasteiger partial charge in [0.15, 0.2) is 5.78 Å². The minimum atomic E-state index is -1.23. The van der Waals surface area contributed by atoms with Crippen LogP contribution in [0.3, 0.4) is 0 Å². The smallest absolute Gasteiger partial charge is 0.334 e. The van der Waals surface area contributed by atoms with Gasteiger partial charge in [-0.15, -0.1) is 0 Å². The van der Waals surface area contributed by atoms with Crippen LogP contribution in [-0.2, 0) is 19.1 Å². The SMILES string of the molecule is C=C1C(=O)O[C@@H]2/C=C(/C)C(=O)/C=C/[C@](C)(O)C[C@@H](OCC(C)C)[C@@H]12. The van der Waals surface area contributed by atoms with Crippen molar-refractivity contribution in [2.24, 2.45) is 11.8 Å². The fourth-order valence-corrected chi connectivity index (χ4v) is 2.98. The molecule has 1 fully saturated rings. The molecule has 0 bridgehead atoms. The summed E-state index contributed by atoms with van der Waals surface area (Å²) in [5.74, 6) is -0.808. The molecule has 5 heteroatoms. The van der Waals surface area contributed by atoms with E-state index in [1.165, 1.54) is 12.2 Å². The molecule has 0 aromatic heterocycles. The Bertz CT molecular complexity index is 597. The molecule has 0 aromatic rings. The van der Waals surface area contributed by atoms with Gasteiger partial charge in [0.1, 0.15) is 6.10 Å². The molecular formula is C19H26O5. The van der Waals surface area contributed by atoms with Crippen LogP contribution in [0.4, 0.5) is 0 Å². The summed E-state index contributed by atoms with van der Waals surface area (Å²) in [6, 6.07) is 0. The molecule has 1 heterocycles. The molecule has 1 N–H and O–H groups in total. The van der Waals surface area contributed by atoms with Gasteiger partial charge in [-0.2, -0.15) is 0 Å². The number of ketones is 1. The highest BCUT2D eigenvalue weighted by Crippen LogP contribution is 2.36. The normalized spacial score (nSPS) is 37.7. The fourth-order valence-electron chi connectivity index (χ4n) is 2.98. The van der Waals surface area contributed by atoms with E-state index < -0.39 is 29.7 Å². The van der Waals surface area contributed by atoms with E-state index in [1.54, 1.807) is 19.9 Å². The van der Waals surface area contributed by atoms with Crippen molar-refractivity contribution in [3.05, 3.63) is 36.0 Å². The topological polar surface area (TPSA) is 72.8 Å². The van der Waals surface area contributed by atoms with E-state index in [4.69, 9.17) is 9.47 Å². The fraction of sp³-hybridized carbons (Fsp3) is 0.579. The molecule has 1 saturated heterocycles. The van der Waals surface area contributed by atoms with Crippen molar-refractivity contribution in [1.29, 1.82) is 0 Å². The Balaban J connectivity index is 2.43. The van der Waals surface area contributed by atoms with Crippen molar-refractivity contribution < 1.29 is 24.2 Å². The van der Waals surface area contributed by atoms with Crippen LogP contribution in [-0.4, -0.2) is 41.3 Å². The number of hydrogen-bond donors (Lipinski definition) is 1. The number of fused-ring (bicyclic) bond motifs is 1. The van der Waals surface area contributed by atoms with Gasteiger partial charge < -0.3 is 14.6 Å². The number of carbonyl (C=O) groups is 2. The Kier molecular flexibility index (Phi) is 5.45. The largest absolute Gasteiger partial charge is 0.454 e. The van der Waals surface area contributed by atoms with E-state index in [1.807, 2.05) is 13.8 Å². The van der Waals surface area contributed by atoms with Gasteiger partial charge in [-0.1, -0.05) is 20.4 Å². The van der Waals surface area contributed by atoms with Gasteiger partial charge in [0.25, 0.3) is 0 Å². The zero-order chi connectivity index (χ0) is 18.1. The maximum absolute atomic E-state index is 12.1. The van der Waals surface area contributed by atoms with Gasteiger partial charge in [0.2, 0.25) is 0 Å². The predicted molar refractivity (Wildman–Crippen MR) is 90.2 cm³/mol. The highest BCUT2D eigenvalue weighted by Gasteiger charge is 2.45. The molecule has 24 heavy (non-hydrogen) atoms. The minimum absolute atomic E-state index is 0.218. The summed E-state index contributed by atoms with van der Waals surface area (Å²) in [6.07, 6.45) is 3.70. The second-order valence-electron chi connectivity index (χ2n) is 7.30. The Hall–Kier alpha value is -1.72. The van der Waals surface area contributed by atoms with Crippen molar-refractivity contribution >= 4 is 11.8 Å². The van der Waals surface area contributed by atoms with Crippen LogP contribution in [0, 0.1) is 11.8 Å². The van der Waals surface area contributed by atoms with Crippen LogP contribution in [0.1, 0.15) is 34.1 Å². The molecule has 0 radical (unpaired) electrons. The molecule has 0 amide bonds. The third kappa shape index (κ3) is 4.22. The summed E-state index contributed by atoms with van der Waals surface area (Å²) in [7, 11) is 0. The van der Waals surface area contributed by atoms with Crippen molar-refractivity contribution in [2.75, 3.05) is 6.61 Å². The van der Waals surface area contributed by atoms with Crippen LogP contribution < -0.4 is 0 Å². The highest BCUT2D eigenvalue weighted by molar-refractivity contribution is 6.03. The molecular weight excluding hydrogens is 308 g/mol. The van der Waals surface area contributed by atoms with Gasteiger partial charge in [-0.3, -0.25) is 4.79 Å². The molecule has 0 spiro atoms. The first-order valence-electron chi connectivity index (χ1n) is 8.26. The number of allylic oxidation sites excluding steroid dienone is 2. The zero-order valence-electron chi connectivity index (χ0n) is 14.7. The summed E-state index contributed by atoms with van der Waals surface area (Å²) >= 11 is 0. The summed E-state index contributed by atoms with van der Waals surface area (Å²) in [5.41, 5.74) is -0.444. The minimum Gasteiger partial charge on any atom is -0.454 e. The van der Waals surface area contributed by atoms with Crippen LogP contribution in [0.2, 0.25) is 0 Å². The third-order valence-corrected chi connectivity index (χ3v) is 4.32. The molecule has 0 aromatic carbocycles. The quantitative estimate of drug-likeness (QED) is 0.633. The second-order valence-corrected chi connectivity index (χ2v) is 7.30. The maximum Gasteiger partial charge on any atom is 0.334 e. The number of carbonyl (C=O) groups excluding carboxylic acids is 2. The van der Waals surface area contributed by atoms with Gasteiger partial charge >= 0.3 is 5.97 Å². The van der Waals surface area contributed by atoms with Gasteiger partial charge in [0.05, 0.1) is 17.6 Å². The Morgan fingerprint density at radius 1 is 1.46 bits per heavy atom. The van der Waals surface area contributed by atoms with Crippen molar-refractivity contribution in [3.63, 3.8) is 0 Å². The standard InChI is InChI=1S/C19H26O5/c1-11(2)10-23-16-9-19(5,22)7-6-14(20)12(3)8-15-17(16)13(4)18(21)24-15/h6-8,11,15-17,22H,4,9-10H2,1-3,5H3/b7-6+,12-8-/t15-,16-,17+,19+/m1/s1. The Morgan fingerprint density at radius 3 is 2.75 bits per heavy atom. The number of rotatable bonds is 3. The Labute approximate surface area is 143 Å². The van der Waals surface area contributed by atoms with Gasteiger partial charge in [0, 0.05) is 18.6 Å². The lowest BCUT2D eigenvalue weighted by Crippen LogP contribution is -2.39. The average molecular weight is 334 g/mol. The molecule has 0 unspecified atom stereocenters. The van der Waals surface area contributed by atoms with Gasteiger partial charge in [-0.25, -0.2) is 4.79 Å². The molecule has 132 valence electrons. The molecule has 0 saturated carbocycles. The van der Waals surface area contributed by atoms with E-state index in [2.05, 4.69) is 6.58 Å². The first-order valence-corrected chi connectivity index (χ1v) is 8.26. The molecule has 1 aliphatic heterocycles. The van der Waals surface area contributed by atoms with E-state index in [9.17, 15) is 14.7 Å². The highest BCUT2D eigenvalue weighted by atomic mass is 16.6. The van der Waals surface area contributed by atoms with Crippen LogP contribution in [0.15, 0.2) is 36.0 Å². The monoisotopic (exact) mass is 334 g/mol. The van der Waals surface area contributed by atoms with E-state index in [0.717, 1.165) is 0 Å². The lowest BCUT2D eigenvalue weighted by Gasteiger charge is -2.32. The first kappa shape index (κ1) is 18.6. The summed E-state index contributed by atoms with van der Waals surface area (Å²) < 4.78 is 11.4. The van der Waals surface area contributed by atoms with E-state index >= 15 is 0 Å². The summed E-state index contributed by atoms with van der Waals surface area (Å²) in [6.45, 7) is 11.7. The van der Waals surface area contributed by atoms with Crippen molar-refractivity contribution in [2.45, 2.75) is 51.9 Å². The number of hydrogen-bond acceptors (Lipinski definition) is 5.